The lowest BCUT2D eigenvalue weighted by molar-refractivity contribution is -0.137. The Bertz CT molecular complexity index is 519. The molecule has 0 spiro atoms. The Morgan fingerprint density at radius 2 is 2.10 bits per heavy atom. The van der Waals surface area contributed by atoms with Gasteiger partial charge in [0, 0.05) is 30.0 Å². The van der Waals surface area contributed by atoms with Crippen LogP contribution in [0.2, 0.25) is 0 Å². The van der Waals surface area contributed by atoms with Crippen molar-refractivity contribution in [3.05, 3.63) is 23.8 Å². The summed E-state index contributed by atoms with van der Waals surface area (Å²) in [6.45, 7) is 0.411. The zero-order valence-corrected chi connectivity index (χ0v) is 12.3. The van der Waals surface area contributed by atoms with Gasteiger partial charge in [0.2, 0.25) is 5.91 Å². The van der Waals surface area contributed by atoms with E-state index in [0.29, 0.717) is 18.3 Å². The molecule has 7 heteroatoms. The van der Waals surface area contributed by atoms with Gasteiger partial charge >= 0.3 is 6.18 Å². The average Bonchev–Trinajstić information content (AvgIpc) is 2.78. The SMILES string of the molecule is COc1cc(N2CC(CBr)CC2=O)cc(C(F)(F)F)c1. The fraction of sp³-hybridized carbons (Fsp3) is 0.462. The Morgan fingerprint density at radius 3 is 2.60 bits per heavy atom. The third-order valence-corrected chi connectivity index (χ3v) is 4.11. The average molecular weight is 352 g/mol. The Hall–Kier alpha value is -1.24. The molecule has 1 aromatic carbocycles. The van der Waals surface area contributed by atoms with E-state index in [0.717, 1.165) is 12.1 Å². The second-order valence-electron chi connectivity index (χ2n) is 4.65. The highest BCUT2D eigenvalue weighted by atomic mass is 79.9. The minimum atomic E-state index is -4.47. The zero-order valence-electron chi connectivity index (χ0n) is 10.7. The van der Waals surface area contributed by atoms with Crippen LogP contribution in [0.5, 0.6) is 5.75 Å². The molecule has 1 amide bonds. The van der Waals surface area contributed by atoms with Crippen LogP contribution in [0.1, 0.15) is 12.0 Å². The zero-order chi connectivity index (χ0) is 14.9. The number of halogens is 4. The third-order valence-electron chi connectivity index (χ3n) is 3.19. The van der Waals surface area contributed by atoms with Crippen molar-refractivity contribution in [2.24, 2.45) is 5.92 Å². The van der Waals surface area contributed by atoms with Gasteiger partial charge in [0.25, 0.3) is 0 Å². The molecular weight excluding hydrogens is 339 g/mol. The van der Waals surface area contributed by atoms with Gasteiger partial charge in [0.1, 0.15) is 5.75 Å². The largest absolute Gasteiger partial charge is 0.497 e. The van der Waals surface area contributed by atoms with Crippen LogP contribution in [0.15, 0.2) is 18.2 Å². The van der Waals surface area contributed by atoms with E-state index < -0.39 is 11.7 Å². The van der Waals surface area contributed by atoms with Gasteiger partial charge in [-0.1, -0.05) is 15.9 Å². The number of hydrogen-bond acceptors (Lipinski definition) is 2. The molecule has 1 aliphatic heterocycles. The van der Waals surface area contributed by atoms with Crippen molar-refractivity contribution in [2.75, 3.05) is 23.9 Å². The van der Waals surface area contributed by atoms with Crippen LogP contribution in [-0.2, 0) is 11.0 Å². The minimum absolute atomic E-state index is 0.0879. The number of benzene rings is 1. The maximum Gasteiger partial charge on any atom is 0.416 e. The lowest BCUT2D eigenvalue weighted by Gasteiger charge is -2.19. The summed E-state index contributed by atoms with van der Waals surface area (Å²) in [5.74, 6) is 0.0313. The number of alkyl halides is 4. The Balaban J connectivity index is 2.39. The van der Waals surface area contributed by atoms with Crippen molar-refractivity contribution in [2.45, 2.75) is 12.6 Å². The molecule has 0 saturated carbocycles. The first-order valence-electron chi connectivity index (χ1n) is 5.97. The molecule has 0 radical (unpaired) electrons. The topological polar surface area (TPSA) is 29.5 Å². The lowest BCUT2D eigenvalue weighted by atomic mass is 10.1. The van der Waals surface area contributed by atoms with Crippen molar-refractivity contribution in [3.8, 4) is 5.75 Å². The number of methoxy groups -OCH3 is 1. The van der Waals surface area contributed by atoms with Gasteiger partial charge < -0.3 is 9.64 Å². The van der Waals surface area contributed by atoms with E-state index in [4.69, 9.17) is 4.74 Å². The van der Waals surface area contributed by atoms with Crippen molar-refractivity contribution in [1.82, 2.24) is 0 Å². The minimum Gasteiger partial charge on any atom is -0.497 e. The van der Waals surface area contributed by atoms with Crippen LogP contribution in [-0.4, -0.2) is 24.9 Å². The fourth-order valence-corrected chi connectivity index (χ4v) is 2.59. The highest BCUT2D eigenvalue weighted by Crippen LogP contribution is 2.36. The molecule has 0 N–H and O–H groups in total. The predicted octanol–water partition coefficient (Wildman–Crippen LogP) is 3.46. The van der Waals surface area contributed by atoms with Gasteiger partial charge in [-0.05, 0) is 18.1 Å². The van der Waals surface area contributed by atoms with Crippen LogP contribution < -0.4 is 9.64 Å². The summed E-state index contributed by atoms with van der Waals surface area (Å²) < 4.78 is 43.4. The first-order chi connectivity index (χ1) is 9.35. The Kier molecular flexibility index (Phi) is 4.27. The van der Waals surface area contributed by atoms with Gasteiger partial charge in [-0.2, -0.15) is 13.2 Å². The summed E-state index contributed by atoms with van der Waals surface area (Å²) in [7, 11) is 1.30. The first kappa shape index (κ1) is 15.2. The molecule has 0 aromatic heterocycles. The quantitative estimate of drug-likeness (QED) is 0.780. The molecule has 1 unspecified atom stereocenters. The molecule has 2 rings (SSSR count). The van der Waals surface area contributed by atoms with Gasteiger partial charge in [-0.25, -0.2) is 0 Å². The van der Waals surface area contributed by atoms with Crippen molar-refractivity contribution in [1.29, 1.82) is 0 Å². The number of carbonyl (C=O) groups is 1. The maximum absolute atomic E-state index is 12.8. The number of hydrogen-bond donors (Lipinski definition) is 0. The van der Waals surface area contributed by atoms with Crippen LogP contribution in [0.3, 0.4) is 0 Å². The normalized spacial score (nSPS) is 19.6. The molecule has 0 bridgehead atoms. The molecule has 1 aliphatic rings. The van der Waals surface area contributed by atoms with E-state index in [2.05, 4.69) is 15.9 Å². The summed E-state index contributed by atoms with van der Waals surface area (Å²) in [5.41, 5.74) is -0.591. The molecule has 110 valence electrons. The Morgan fingerprint density at radius 1 is 1.40 bits per heavy atom. The van der Waals surface area contributed by atoms with E-state index in [9.17, 15) is 18.0 Å². The standard InChI is InChI=1S/C13H13BrF3NO2/c1-20-11-4-9(13(15,16)17)3-10(5-11)18-7-8(6-14)2-12(18)19/h3-5,8H,2,6-7H2,1H3. The molecule has 1 fully saturated rings. The van der Waals surface area contributed by atoms with Gasteiger partial charge in [-0.3, -0.25) is 4.79 Å². The van der Waals surface area contributed by atoms with Gasteiger partial charge in [-0.15, -0.1) is 0 Å². The lowest BCUT2D eigenvalue weighted by Crippen LogP contribution is -2.25. The number of anilines is 1. The van der Waals surface area contributed by atoms with E-state index in [1.54, 1.807) is 0 Å². The van der Waals surface area contributed by atoms with Crippen molar-refractivity contribution >= 4 is 27.5 Å². The molecule has 3 nitrogen and oxygen atoms in total. The summed E-state index contributed by atoms with van der Waals surface area (Å²) >= 11 is 3.29. The monoisotopic (exact) mass is 351 g/mol. The summed E-state index contributed by atoms with van der Waals surface area (Å²) in [5, 5.41) is 0.644. The van der Waals surface area contributed by atoms with E-state index >= 15 is 0 Å². The second kappa shape index (κ2) is 5.63. The number of rotatable bonds is 3. The first-order valence-corrected chi connectivity index (χ1v) is 7.10. The smallest absolute Gasteiger partial charge is 0.416 e. The fourth-order valence-electron chi connectivity index (χ4n) is 2.16. The van der Waals surface area contributed by atoms with E-state index in [1.165, 1.54) is 18.1 Å². The summed E-state index contributed by atoms with van der Waals surface area (Å²) in [4.78, 5) is 13.3. The molecule has 1 aromatic rings. The highest BCUT2D eigenvalue weighted by Gasteiger charge is 2.34. The van der Waals surface area contributed by atoms with E-state index in [1.807, 2.05) is 0 Å². The number of amides is 1. The number of carbonyl (C=O) groups excluding carboxylic acids is 1. The van der Waals surface area contributed by atoms with Crippen LogP contribution in [0.4, 0.5) is 18.9 Å². The Labute approximate surface area is 122 Å². The van der Waals surface area contributed by atoms with Crippen LogP contribution >= 0.6 is 15.9 Å². The van der Waals surface area contributed by atoms with Crippen molar-refractivity contribution < 1.29 is 22.7 Å². The maximum atomic E-state index is 12.8. The van der Waals surface area contributed by atoms with Crippen molar-refractivity contribution in [3.63, 3.8) is 0 Å². The summed E-state index contributed by atoms with van der Waals surface area (Å²) in [6, 6.07) is 3.35. The van der Waals surface area contributed by atoms with Gasteiger partial charge in [0.05, 0.1) is 12.7 Å². The van der Waals surface area contributed by atoms with Gasteiger partial charge in [0.15, 0.2) is 0 Å². The second-order valence-corrected chi connectivity index (χ2v) is 5.29. The molecule has 1 saturated heterocycles. The molecule has 1 heterocycles. The number of nitrogens with zero attached hydrogens (tertiary/aromatic N) is 1. The third kappa shape index (κ3) is 3.08. The van der Waals surface area contributed by atoms with Crippen LogP contribution in [0.25, 0.3) is 0 Å². The number of ether oxygens (including phenoxy) is 1. The van der Waals surface area contributed by atoms with Crippen LogP contribution in [0, 0.1) is 5.92 Å². The predicted molar refractivity (Wildman–Crippen MR) is 72.3 cm³/mol. The molecule has 20 heavy (non-hydrogen) atoms. The molecule has 0 aliphatic carbocycles. The highest BCUT2D eigenvalue weighted by molar-refractivity contribution is 9.09. The molecule has 1 atom stereocenters. The molecular formula is C13H13BrF3NO2. The van der Waals surface area contributed by atoms with E-state index in [-0.39, 0.29) is 23.3 Å². The summed E-state index contributed by atoms with van der Waals surface area (Å²) in [6.07, 6.45) is -4.13.